The highest BCUT2D eigenvalue weighted by Crippen LogP contribution is 2.35. The Bertz CT molecular complexity index is 247. The molecule has 0 unspecified atom stereocenters. The third kappa shape index (κ3) is 3.31. The number of rotatable bonds is 4. The SMILES string of the molecule is C=C(Br)CNC(=O)C1(CN)CCCCC1. The second-order valence-corrected chi connectivity index (χ2v) is 5.37. The number of hydrogen-bond donors (Lipinski definition) is 2. The maximum absolute atomic E-state index is 12.0. The van der Waals surface area contributed by atoms with Gasteiger partial charge in [-0.1, -0.05) is 41.8 Å². The van der Waals surface area contributed by atoms with Crippen LogP contribution in [0.2, 0.25) is 0 Å². The van der Waals surface area contributed by atoms with E-state index >= 15 is 0 Å². The van der Waals surface area contributed by atoms with Gasteiger partial charge < -0.3 is 11.1 Å². The van der Waals surface area contributed by atoms with Crippen molar-refractivity contribution in [2.45, 2.75) is 32.1 Å². The molecule has 86 valence electrons. The summed E-state index contributed by atoms with van der Waals surface area (Å²) >= 11 is 3.23. The number of carbonyl (C=O) groups is 1. The lowest BCUT2D eigenvalue weighted by Crippen LogP contribution is -2.47. The largest absolute Gasteiger partial charge is 0.351 e. The normalized spacial score (nSPS) is 19.6. The molecule has 0 saturated heterocycles. The minimum atomic E-state index is -0.319. The van der Waals surface area contributed by atoms with Gasteiger partial charge in [0.15, 0.2) is 0 Å². The fourth-order valence-electron chi connectivity index (χ4n) is 2.12. The summed E-state index contributed by atoms with van der Waals surface area (Å²) in [6.45, 7) is 4.63. The van der Waals surface area contributed by atoms with Gasteiger partial charge in [0.25, 0.3) is 0 Å². The molecule has 1 aliphatic carbocycles. The molecule has 1 saturated carbocycles. The molecule has 1 amide bonds. The molecule has 1 aliphatic rings. The maximum Gasteiger partial charge on any atom is 0.227 e. The van der Waals surface area contributed by atoms with Crippen LogP contribution >= 0.6 is 15.9 Å². The number of hydrogen-bond acceptors (Lipinski definition) is 2. The fraction of sp³-hybridized carbons (Fsp3) is 0.727. The quantitative estimate of drug-likeness (QED) is 0.823. The van der Waals surface area contributed by atoms with E-state index < -0.39 is 0 Å². The summed E-state index contributed by atoms with van der Waals surface area (Å²) < 4.78 is 0.791. The van der Waals surface area contributed by atoms with E-state index in [1.807, 2.05) is 0 Å². The third-order valence-corrected chi connectivity index (χ3v) is 3.40. The minimum absolute atomic E-state index is 0.0882. The van der Waals surface area contributed by atoms with Crippen LogP contribution in [-0.4, -0.2) is 19.0 Å². The number of nitrogens with two attached hydrogens (primary N) is 1. The van der Waals surface area contributed by atoms with Gasteiger partial charge in [-0.25, -0.2) is 0 Å². The van der Waals surface area contributed by atoms with Gasteiger partial charge in [0.2, 0.25) is 5.91 Å². The van der Waals surface area contributed by atoms with E-state index in [0.717, 1.165) is 30.2 Å². The maximum atomic E-state index is 12.0. The average Bonchev–Trinajstić information content (AvgIpc) is 2.26. The van der Waals surface area contributed by atoms with Gasteiger partial charge in [-0.2, -0.15) is 0 Å². The lowest BCUT2D eigenvalue weighted by Gasteiger charge is -2.34. The van der Waals surface area contributed by atoms with Gasteiger partial charge in [0.1, 0.15) is 0 Å². The molecule has 0 heterocycles. The van der Waals surface area contributed by atoms with Crippen LogP contribution in [-0.2, 0) is 4.79 Å². The Morgan fingerprint density at radius 2 is 2.00 bits per heavy atom. The number of amides is 1. The second-order valence-electron chi connectivity index (χ2n) is 4.25. The molecule has 1 fully saturated rings. The average molecular weight is 275 g/mol. The smallest absolute Gasteiger partial charge is 0.227 e. The highest BCUT2D eigenvalue weighted by Gasteiger charge is 2.37. The van der Waals surface area contributed by atoms with Crippen LogP contribution in [0.15, 0.2) is 11.1 Å². The number of nitrogens with one attached hydrogen (secondary N) is 1. The predicted molar refractivity (Wildman–Crippen MR) is 65.6 cm³/mol. The lowest BCUT2D eigenvalue weighted by atomic mass is 9.73. The number of halogens is 1. The van der Waals surface area contributed by atoms with Crippen LogP contribution in [0.3, 0.4) is 0 Å². The van der Waals surface area contributed by atoms with E-state index in [1.165, 1.54) is 6.42 Å². The van der Waals surface area contributed by atoms with Crippen LogP contribution in [0.25, 0.3) is 0 Å². The van der Waals surface area contributed by atoms with Gasteiger partial charge in [0.05, 0.1) is 5.41 Å². The Hall–Kier alpha value is -0.350. The van der Waals surface area contributed by atoms with Crippen molar-refractivity contribution in [1.29, 1.82) is 0 Å². The van der Waals surface area contributed by atoms with Crippen LogP contribution in [0.1, 0.15) is 32.1 Å². The first-order valence-corrected chi connectivity index (χ1v) is 6.22. The fourth-order valence-corrected chi connectivity index (χ4v) is 2.26. The van der Waals surface area contributed by atoms with Gasteiger partial charge in [-0.3, -0.25) is 4.79 Å². The highest BCUT2D eigenvalue weighted by molar-refractivity contribution is 9.11. The molecule has 0 aromatic heterocycles. The van der Waals surface area contributed by atoms with Gasteiger partial charge in [0, 0.05) is 17.6 Å². The highest BCUT2D eigenvalue weighted by atomic mass is 79.9. The third-order valence-electron chi connectivity index (χ3n) is 3.12. The summed E-state index contributed by atoms with van der Waals surface area (Å²) in [6.07, 6.45) is 5.29. The topological polar surface area (TPSA) is 55.1 Å². The Kier molecular flexibility index (Phi) is 4.80. The summed E-state index contributed by atoms with van der Waals surface area (Å²) in [4.78, 5) is 12.0. The van der Waals surface area contributed by atoms with E-state index in [1.54, 1.807) is 0 Å². The molecule has 0 atom stereocenters. The van der Waals surface area contributed by atoms with Crippen molar-refractivity contribution >= 4 is 21.8 Å². The molecule has 4 heteroatoms. The molecular formula is C11H19BrN2O. The van der Waals surface area contributed by atoms with Gasteiger partial charge in [-0.15, -0.1) is 0 Å². The zero-order chi connectivity index (χ0) is 11.3. The summed E-state index contributed by atoms with van der Waals surface area (Å²) in [5, 5.41) is 2.88. The van der Waals surface area contributed by atoms with Crippen molar-refractivity contribution in [2.24, 2.45) is 11.1 Å². The van der Waals surface area contributed by atoms with Crippen LogP contribution in [0, 0.1) is 5.41 Å². The standard InChI is InChI=1S/C11H19BrN2O/c1-9(12)7-14-10(15)11(8-13)5-3-2-4-6-11/h1-8,13H2,(H,14,15). The Balaban J connectivity index is 2.55. The molecule has 0 bridgehead atoms. The van der Waals surface area contributed by atoms with Gasteiger partial charge in [-0.05, 0) is 12.8 Å². The minimum Gasteiger partial charge on any atom is -0.351 e. The van der Waals surface area contributed by atoms with Gasteiger partial charge >= 0.3 is 0 Å². The Labute approximate surface area is 99.6 Å². The van der Waals surface area contributed by atoms with Crippen molar-refractivity contribution in [3.63, 3.8) is 0 Å². The van der Waals surface area contributed by atoms with Crippen LogP contribution in [0.5, 0.6) is 0 Å². The summed E-state index contributed by atoms with van der Waals surface area (Å²) in [5.74, 6) is 0.0882. The van der Waals surface area contributed by atoms with Crippen LogP contribution < -0.4 is 11.1 Å². The number of carbonyl (C=O) groups excluding carboxylic acids is 1. The summed E-state index contributed by atoms with van der Waals surface area (Å²) in [5.41, 5.74) is 5.43. The molecule has 3 N–H and O–H groups in total. The molecule has 3 nitrogen and oxygen atoms in total. The first-order valence-electron chi connectivity index (χ1n) is 5.42. The summed E-state index contributed by atoms with van der Waals surface area (Å²) in [7, 11) is 0. The molecule has 1 rings (SSSR count). The molecular weight excluding hydrogens is 256 g/mol. The van der Waals surface area contributed by atoms with Crippen molar-refractivity contribution in [3.05, 3.63) is 11.1 Å². The Morgan fingerprint density at radius 1 is 1.40 bits per heavy atom. The monoisotopic (exact) mass is 274 g/mol. The lowest BCUT2D eigenvalue weighted by molar-refractivity contribution is -0.132. The second kappa shape index (κ2) is 5.66. The van der Waals surface area contributed by atoms with E-state index in [9.17, 15) is 4.79 Å². The zero-order valence-corrected chi connectivity index (χ0v) is 10.6. The first kappa shape index (κ1) is 12.7. The van der Waals surface area contributed by atoms with Crippen LogP contribution in [0.4, 0.5) is 0 Å². The molecule has 0 radical (unpaired) electrons. The predicted octanol–water partition coefficient (Wildman–Crippen LogP) is 1.92. The van der Waals surface area contributed by atoms with E-state index in [4.69, 9.17) is 5.73 Å². The van der Waals surface area contributed by atoms with E-state index in [-0.39, 0.29) is 11.3 Å². The van der Waals surface area contributed by atoms with Crippen molar-refractivity contribution in [2.75, 3.05) is 13.1 Å². The molecule has 0 aliphatic heterocycles. The zero-order valence-electron chi connectivity index (χ0n) is 9.02. The van der Waals surface area contributed by atoms with Crippen molar-refractivity contribution < 1.29 is 4.79 Å². The summed E-state index contributed by atoms with van der Waals surface area (Å²) in [6, 6.07) is 0. The molecule has 15 heavy (non-hydrogen) atoms. The first-order chi connectivity index (χ1) is 7.10. The van der Waals surface area contributed by atoms with Crippen molar-refractivity contribution in [1.82, 2.24) is 5.32 Å². The molecule has 0 aromatic carbocycles. The Morgan fingerprint density at radius 3 is 2.47 bits per heavy atom. The van der Waals surface area contributed by atoms with E-state index in [0.29, 0.717) is 13.1 Å². The van der Waals surface area contributed by atoms with Crippen molar-refractivity contribution in [3.8, 4) is 0 Å². The molecule has 0 spiro atoms. The molecule has 0 aromatic rings. The van der Waals surface area contributed by atoms with E-state index in [2.05, 4.69) is 27.8 Å².